The van der Waals surface area contributed by atoms with Gasteiger partial charge in [0.05, 0.1) is 0 Å². The molecule has 0 unspecified atom stereocenters. The SMILES string of the molecule is Cc1ccsc1S(=O)(=O)N[C@H](C)CN. The standard InChI is InChI=1S/C8H14N2O2S2/c1-6-3-4-13-8(6)14(11,12)10-7(2)5-9/h3-4,7,10H,5,9H2,1-2H3/t7-/m1/s1. The van der Waals surface area contributed by atoms with Crippen LogP contribution in [0.2, 0.25) is 0 Å². The Morgan fingerprint density at radius 3 is 2.71 bits per heavy atom. The minimum atomic E-state index is -3.37. The highest BCUT2D eigenvalue weighted by molar-refractivity contribution is 7.91. The number of nitrogens with two attached hydrogens (primary N) is 1. The van der Waals surface area contributed by atoms with Crippen LogP contribution in [-0.2, 0) is 10.0 Å². The Morgan fingerprint density at radius 2 is 2.29 bits per heavy atom. The summed E-state index contributed by atoms with van der Waals surface area (Å²) in [4.78, 5) is 0. The zero-order chi connectivity index (χ0) is 10.8. The minimum absolute atomic E-state index is 0.235. The molecule has 0 radical (unpaired) electrons. The largest absolute Gasteiger partial charge is 0.329 e. The van der Waals surface area contributed by atoms with E-state index in [-0.39, 0.29) is 6.04 Å². The zero-order valence-electron chi connectivity index (χ0n) is 8.15. The quantitative estimate of drug-likeness (QED) is 0.804. The van der Waals surface area contributed by atoms with Gasteiger partial charge in [0.15, 0.2) is 0 Å². The van der Waals surface area contributed by atoms with E-state index in [4.69, 9.17) is 5.73 Å². The first-order valence-electron chi connectivity index (χ1n) is 4.24. The number of aryl methyl sites for hydroxylation is 1. The molecule has 1 heterocycles. The van der Waals surface area contributed by atoms with E-state index >= 15 is 0 Å². The second kappa shape index (κ2) is 4.39. The molecule has 80 valence electrons. The number of thiophene rings is 1. The summed E-state index contributed by atoms with van der Waals surface area (Å²) in [5.41, 5.74) is 6.12. The van der Waals surface area contributed by atoms with Gasteiger partial charge in [-0.1, -0.05) is 0 Å². The maximum absolute atomic E-state index is 11.7. The molecule has 14 heavy (non-hydrogen) atoms. The summed E-state index contributed by atoms with van der Waals surface area (Å²) in [6.45, 7) is 3.81. The highest BCUT2D eigenvalue weighted by Gasteiger charge is 2.19. The Kier molecular flexibility index (Phi) is 3.65. The lowest BCUT2D eigenvalue weighted by molar-refractivity contribution is 0.564. The van der Waals surface area contributed by atoms with Crippen LogP contribution < -0.4 is 10.5 Å². The molecular weight excluding hydrogens is 220 g/mol. The van der Waals surface area contributed by atoms with E-state index in [9.17, 15) is 8.42 Å². The third kappa shape index (κ3) is 2.54. The first-order valence-corrected chi connectivity index (χ1v) is 6.60. The molecule has 1 rings (SSSR count). The molecule has 4 nitrogen and oxygen atoms in total. The van der Waals surface area contributed by atoms with Gasteiger partial charge in [-0.3, -0.25) is 0 Å². The Bertz CT molecular complexity index is 397. The van der Waals surface area contributed by atoms with E-state index in [1.54, 1.807) is 25.3 Å². The normalized spacial score (nSPS) is 14.2. The van der Waals surface area contributed by atoms with Crippen LogP contribution in [0.1, 0.15) is 12.5 Å². The van der Waals surface area contributed by atoms with Crippen LogP contribution in [0.15, 0.2) is 15.7 Å². The van der Waals surface area contributed by atoms with Crippen LogP contribution in [0.25, 0.3) is 0 Å². The summed E-state index contributed by atoms with van der Waals surface area (Å²) in [6.07, 6.45) is 0. The van der Waals surface area contributed by atoms with Gasteiger partial charge in [-0.05, 0) is 30.9 Å². The third-order valence-electron chi connectivity index (χ3n) is 1.77. The van der Waals surface area contributed by atoms with Crippen molar-refractivity contribution in [2.75, 3.05) is 6.54 Å². The van der Waals surface area contributed by atoms with Gasteiger partial charge in [0, 0.05) is 12.6 Å². The molecule has 0 bridgehead atoms. The minimum Gasteiger partial charge on any atom is -0.329 e. The number of rotatable bonds is 4. The lowest BCUT2D eigenvalue weighted by atomic mass is 10.4. The fourth-order valence-electron chi connectivity index (χ4n) is 1.00. The summed E-state index contributed by atoms with van der Waals surface area (Å²) in [5, 5.41) is 1.76. The van der Waals surface area contributed by atoms with Crippen LogP contribution in [0.5, 0.6) is 0 Å². The van der Waals surface area contributed by atoms with Crippen LogP contribution >= 0.6 is 11.3 Å². The summed E-state index contributed by atoms with van der Waals surface area (Å²) in [6, 6.07) is 1.55. The second-order valence-electron chi connectivity index (χ2n) is 3.15. The van der Waals surface area contributed by atoms with Gasteiger partial charge in [0.1, 0.15) is 4.21 Å². The van der Waals surface area contributed by atoms with Gasteiger partial charge >= 0.3 is 0 Å². The Hall–Kier alpha value is -0.430. The Balaban J connectivity index is 2.92. The molecule has 6 heteroatoms. The van der Waals surface area contributed by atoms with Crippen molar-refractivity contribution in [2.45, 2.75) is 24.1 Å². The van der Waals surface area contributed by atoms with E-state index in [0.717, 1.165) is 5.56 Å². The van der Waals surface area contributed by atoms with Gasteiger partial charge < -0.3 is 5.73 Å². The Morgan fingerprint density at radius 1 is 1.64 bits per heavy atom. The molecule has 0 amide bonds. The predicted molar refractivity (Wildman–Crippen MR) is 57.9 cm³/mol. The first kappa shape index (κ1) is 11.6. The molecule has 0 aliphatic rings. The fraction of sp³-hybridized carbons (Fsp3) is 0.500. The van der Waals surface area contributed by atoms with E-state index in [1.807, 2.05) is 0 Å². The van der Waals surface area contributed by atoms with E-state index < -0.39 is 10.0 Å². The van der Waals surface area contributed by atoms with Gasteiger partial charge in [0.25, 0.3) is 10.0 Å². The van der Waals surface area contributed by atoms with Crippen LogP contribution in [0.3, 0.4) is 0 Å². The molecule has 3 N–H and O–H groups in total. The molecule has 0 aromatic carbocycles. The molecular formula is C8H14N2O2S2. The number of hydrogen-bond donors (Lipinski definition) is 2. The molecule has 1 aromatic rings. The molecule has 0 aliphatic heterocycles. The number of nitrogens with one attached hydrogen (secondary N) is 1. The zero-order valence-corrected chi connectivity index (χ0v) is 9.78. The predicted octanol–water partition coefficient (Wildman–Crippen LogP) is 0.682. The topological polar surface area (TPSA) is 72.2 Å². The summed E-state index contributed by atoms with van der Waals surface area (Å²) >= 11 is 1.22. The van der Waals surface area contributed by atoms with Gasteiger partial charge in [-0.2, -0.15) is 0 Å². The molecule has 0 saturated heterocycles. The maximum Gasteiger partial charge on any atom is 0.250 e. The van der Waals surface area contributed by atoms with Crippen LogP contribution in [0, 0.1) is 6.92 Å². The lowest BCUT2D eigenvalue weighted by Crippen LogP contribution is -2.37. The smallest absolute Gasteiger partial charge is 0.250 e. The van der Waals surface area contributed by atoms with Crippen molar-refractivity contribution in [3.05, 3.63) is 17.0 Å². The average molecular weight is 234 g/mol. The summed E-state index contributed by atoms with van der Waals surface area (Å²) in [7, 11) is -3.37. The monoisotopic (exact) mass is 234 g/mol. The van der Waals surface area contributed by atoms with Crippen molar-refractivity contribution >= 4 is 21.4 Å². The van der Waals surface area contributed by atoms with Gasteiger partial charge in [-0.15, -0.1) is 11.3 Å². The highest BCUT2D eigenvalue weighted by atomic mass is 32.2. The van der Waals surface area contributed by atoms with Crippen molar-refractivity contribution in [3.63, 3.8) is 0 Å². The van der Waals surface area contributed by atoms with Crippen molar-refractivity contribution in [1.82, 2.24) is 4.72 Å². The van der Waals surface area contributed by atoms with E-state index in [1.165, 1.54) is 11.3 Å². The van der Waals surface area contributed by atoms with Crippen molar-refractivity contribution in [2.24, 2.45) is 5.73 Å². The fourth-order valence-corrected chi connectivity index (χ4v) is 3.69. The molecule has 0 aliphatic carbocycles. The van der Waals surface area contributed by atoms with Crippen LogP contribution in [0.4, 0.5) is 0 Å². The Labute approximate surface area is 88.2 Å². The average Bonchev–Trinajstić information content (AvgIpc) is 2.51. The molecule has 1 aromatic heterocycles. The van der Waals surface area contributed by atoms with Gasteiger partial charge in [0.2, 0.25) is 0 Å². The summed E-state index contributed by atoms with van der Waals surface area (Å²) < 4.78 is 26.3. The lowest BCUT2D eigenvalue weighted by Gasteiger charge is -2.10. The molecule has 0 saturated carbocycles. The van der Waals surface area contributed by atoms with E-state index in [0.29, 0.717) is 10.8 Å². The molecule has 0 fully saturated rings. The van der Waals surface area contributed by atoms with Gasteiger partial charge in [-0.25, -0.2) is 13.1 Å². The number of sulfonamides is 1. The maximum atomic E-state index is 11.7. The van der Waals surface area contributed by atoms with Crippen molar-refractivity contribution < 1.29 is 8.42 Å². The third-order valence-corrected chi connectivity index (χ3v) is 5.05. The highest BCUT2D eigenvalue weighted by Crippen LogP contribution is 2.21. The molecule has 1 atom stereocenters. The second-order valence-corrected chi connectivity index (χ2v) is 5.97. The van der Waals surface area contributed by atoms with Crippen molar-refractivity contribution in [1.29, 1.82) is 0 Å². The van der Waals surface area contributed by atoms with Crippen LogP contribution in [-0.4, -0.2) is 21.0 Å². The van der Waals surface area contributed by atoms with E-state index in [2.05, 4.69) is 4.72 Å². The molecule has 0 spiro atoms. The first-order chi connectivity index (χ1) is 6.47. The summed E-state index contributed by atoms with van der Waals surface area (Å²) in [5.74, 6) is 0. The number of hydrogen-bond acceptors (Lipinski definition) is 4. The van der Waals surface area contributed by atoms with Crippen molar-refractivity contribution in [3.8, 4) is 0 Å².